The summed E-state index contributed by atoms with van der Waals surface area (Å²) < 4.78 is 6.84. The van der Waals surface area contributed by atoms with Gasteiger partial charge in [-0.1, -0.05) is 6.92 Å². The first-order chi connectivity index (χ1) is 8.65. The van der Waals surface area contributed by atoms with E-state index in [4.69, 9.17) is 10.2 Å². The average Bonchev–Trinajstić information content (AvgIpc) is 2.95. The van der Waals surface area contributed by atoms with Crippen LogP contribution >= 0.6 is 0 Å². The summed E-state index contributed by atoms with van der Waals surface area (Å²) in [4.78, 5) is 12.1. The van der Waals surface area contributed by atoms with Gasteiger partial charge in [0.05, 0.1) is 11.8 Å². The molecule has 0 saturated heterocycles. The van der Waals surface area contributed by atoms with E-state index in [2.05, 4.69) is 10.4 Å². The van der Waals surface area contributed by atoms with E-state index < -0.39 is 0 Å². The number of carbonyl (C=O) groups excluding carboxylic acids is 1. The molecule has 0 atom stereocenters. The molecule has 0 aliphatic heterocycles. The van der Waals surface area contributed by atoms with E-state index in [1.807, 2.05) is 6.92 Å². The smallest absolute Gasteiger partial charge is 0.260 e. The van der Waals surface area contributed by atoms with Crippen LogP contribution in [0.25, 0.3) is 0 Å². The summed E-state index contributed by atoms with van der Waals surface area (Å²) in [6, 6.07) is 1.65. The molecule has 96 valence electrons. The summed E-state index contributed by atoms with van der Waals surface area (Å²) in [5, 5.41) is 6.91. The van der Waals surface area contributed by atoms with Crippen LogP contribution < -0.4 is 11.1 Å². The number of hydrogen-bond donors (Lipinski definition) is 2. The molecule has 0 aliphatic rings. The second-order valence-corrected chi connectivity index (χ2v) is 3.95. The molecule has 2 aromatic rings. The summed E-state index contributed by atoms with van der Waals surface area (Å²) >= 11 is 0. The first-order valence-corrected chi connectivity index (χ1v) is 5.76. The van der Waals surface area contributed by atoms with E-state index in [1.54, 1.807) is 24.0 Å². The monoisotopic (exact) mass is 248 g/mol. The molecule has 3 N–H and O–H groups in total. The molecule has 2 heterocycles. The third-order valence-corrected chi connectivity index (χ3v) is 2.67. The lowest BCUT2D eigenvalue weighted by Crippen LogP contribution is -2.15. The highest BCUT2D eigenvalue weighted by molar-refractivity contribution is 6.04. The van der Waals surface area contributed by atoms with Crippen LogP contribution in [0.15, 0.2) is 22.9 Å². The van der Waals surface area contributed by atoms with Gasteiger partial charge in [0.2, 0.25) is 0 Å². The van der Waals surface area contributed by atoms with E-state index in [-0.39, 0.29) is 5.91 Å². The van der Waals surface area contributed by atoms with Crippen LogP contribution in [-0.2, 0) is 20.0 Å². The van der Waals surface area contributed by atoms with Crippen molar-refractivity contribution in [3.63, 3.8) is 0 Å². The molecule has 0 aromatic carbocycles. The fourth-order valence-electron chi connectivity index (χ4n) is 1.78. The van der Waals surface area contributed by atoms with Gasteiger partial charge < -0.3 is 15.5 Å². The van der Waals surface area contributed by atoms with E-state index >= 15 is 0 Å². The van der Waals surface area contributed by atoms with Crippen molar-refractivity contribution in [1.82, 2.24) is 9.78 Å². The Kier molecular flexibility index (Phi) is 3.47. The molecule has 0 saturated carbocycles. The number of furan rings is 1. The molecule has 2 rings (SSSR count). The largest absolute Gasteiger partial charge is 0.469 e. The minimum absolute atomic E-state index is 0.228. The number of nitrogens with two attached hydrogens (primary N) is 1. The quantitative estimate of drug-likeness (QED) is 0.853. The normalized spacial score (nSPS) is 10.6. The van der Waals surface area contributed by atoms with Gasteiger partial charge in [0.15, 0.2) is 5.82 Å². The summed E-state index contributed by atoms with van der Waals surface area (Å²) in [5.74, 6) is 0.931. The summed E-state index contributed by atoms with van der Waals surface area (Å²) in [6.45, 7) is 2.26. The minimum Gasteiger partial charge on any atom is -0.469 e. The maximum absolute atomic E-state index is 12.1. The second-order valence-electron chi connectivity index (χ2n) is 3.95. The van der Waals surface area contributed by atoms with Gasteiger partial charge in [0.1, 0.15) is 5.76 Å². The maximum Gasteiger partial charge on any atom is 0.260 e. The zero-order chi connectivity index (χ0) is 13.1. The number of amides is 1. The van der Waals surface area contributed by atoms with E-state index in [0.717, 1.165) is 5.56 Å². The molecular weight excluding hydrogens is 232 g/mol. The molecular formula is C12H16N4O2. The lowest BCUT2D eigenvalue weighted by Gasteiger charge is -2.03. The molecule has 6 nitrogen and oxygen atoms in total. The number of rotatable bonds is 4. The number of anilines is 1. The van der Waals surface area contributed by atoms with Gasteiger partial charge in [0.25, 0.3) is 5.91 Å². The Morgan fingerprint density at radius 1 is 1.61 bits per heavy atom. The SMILES string of the molecule is CCc1occc1C(=O)Nc1nn(C)cc1CN. The third-order valence-electron chi connectivity index (χ3n) is 2.67. The first kappa shape index (κ1) is 12.4. The topological polar surface area (TPSA) is 86.1 Å². The number of aromatic nitrogens is 2. The molecule has 0 aliphatic carbocycles. The number of nitrogens with zero attached hydrogens (tertiary/aromatic N) is 2. The Hall–Kier alpha value is -2.08. The van der Waals surface area contributed by atoms with Crippen molar-refractivity contribution in [2.24, 2.45) is 12.8 Å². The fourth-order valence-corrected chi connectivity index (χ4v) is 1.78. The van der Waals surface area contributed by atoms with E-state index in [9.17, 15) is 4.79 Å². The number of hydrogen-bond acceptors (Lipinski definition) is 4. The van der Waals surface area contributed by atoms with Gasteiger partial charge in [-0.25, -0.2) is 0 Å². The first-order valence-electron chi connectivity index (χ1n) is 5.76. The maximum atomic E-state index is 12.1. The van der Waals surface area contributed by atoms with Crippen molar-refractivity contribution in [3.8, 4) is 0 Å². The molecule has 1 amide bonds. The molecule has 18 heavy (non-hydrogen) atoms. The van der Waals surface area contributed by atoms with Gasteiger partial charge in [-0.2, -0.15) is 5.10 Å². The Bertz CT molecular complexity index is 556. The van der Waals surface area contributed by atoms with Crippen LogP contribution in [0.1, 0.15) is 28.6 Å². The number of nitrogens with one attached hydrogen (secondary N) is 1. The van der Waals surface area contributed by atoms with E-state index in [1.165, 1.54) is 6.26 Å². The van der Waals surface area contributed by atoms with Gasteiger partial charge in [-0.3, -0.25) is 9.48 Å². The minimum atomic E-state index is -0.228. The second kappa shape index (κ2) is 5.05. The lowest BCUT2D eigenvalue weighted by atomic mass is 10.2. The summed E-state index contributed by atoms with van der Waals surface area (Å²) in [5.41, 5.74) is 6.92. The van der Waals surface area contributed by atoms with Crippen LogP contribution in [0.4, 0.5) is 5.82 Å². The van der Waals surface area contributed by atoms with Crippen molar-refractivity contribution in [3.05, 3.63) is 35.4 Å². The standard InChI is InChI=1S/C12H16N4O2/c1-3-10-9(4-5-18-10)12(17)14-11-8(6-13)7-16(2)15-11/h4-5,7H,3,6,13H2,1-2H3,(H,14,15,17). The highest BCUT2D eigenvalue weighted by atomic mass is 16.3. The number of carbonyl (C=O) groups is 1. The zero-order valence-corrected chi connectivity index (χ0v) is 10.4. The van der Waals surface area contributed by atoms with E-state index in [0.29, 0.717) is 30.1 Å². The Morgan fingerprint density at radius 3 is 3.06 bits per heavy atom. The highest BCUT2D eigenvalue weighted by Gasteiger charge is 2.16. The van der Waals surface area contributed by atoms with Gasteiger partial charge in [0, 0.05) is 31.8 Å². The van der Waals surface area contributed by atoms with Crippen LogP contribution in [0.5, 0.6) is 0 Å². The van der Waals surface area contributed by atoms with Crippen LogP contribution in [0.2, 0.25) is 0 Å². The van der Waals surface area contributed by atoms with Gasteiger partial charge >= 0.3 is 0 Å². The Labute approximate surface area is 105 Å². The van der Waals surface area contributed by atoms with Crippen LogP contribution in [-0.4, -0.2) is 15.7 Å². The number of aryl methyl sites for hydroxylation is 2. The molecule has 6 heteroatoms. The predicted molar refractivity (Wildman–Crippen MR) is 67.1 cm³/mol. The van der Waals surface area contributed by atoms with Crippen molar-refractivity contribution in [2.45, 2.75) is 19.9 Å². The predicted octanol–water partition coefficient (Wildman–Crippen LogP) is 1.29. The molecule has 2 aromatic heterocycles. The summed E-state index contributed by atoms with van der Waals surface area (Å²) in [7, 11) is 1.78. The molecule has 0 unspecified atom stereocenters. The molecule has 0 spiro atoms. The van der Waals surface area contributed by atoms with Crippen molar-refractivity contribution in [2.75, 3.05) is 5.32 Å². The Morgan fingerprint density at radius 2 is 2.39 bits per heavy atom. The molecule has 0 radical (unpaired) electrons. The van der Waals surface area contributed by atoms with Gasteiger partial charge in [-0.05, 0) is 6.07 Å². The summed E-state index contributed by atoms with van der Waals surface area (Å²) in [6.07, 6.45) is 3.96. The van der Waals surface area contributed by atoms with Crippen molar-refractivity contribution >= 4 is 11.7 Å². The molecule has 0 fully saturated rings. The third kappa shape index (κ3) is 2.28. The lowest BCUT2D eigenvalue weighted by molar-refractivity contribution is 0.102. The van der Waals surface area contributed by atoms with Gasteiger partial charge in [-0.15, -0.1) is 0 Å². The fraction of sp³-hybridized carbons (Fsp3) is 0.333. The molecule has 0 bridgehead atoms. The van der Waals surface area contributed by atoms with Crippen LogP contribution in [0.3, 0.4) is 0 Å². The highest BCUT2D eigenvalue weighted by Crippen LogP contribution is 2.16. The zero-order valence-electron chi connectivity index (χ0n) is 10.4. The van der Waals surface area contributed by atoms with Crippen molar-refractivity contribution < 1.29 is 9.21 Å². The Balaban J connectivity index is 2.21. The average molecular weight is 248 g/mol. The van der Waals surface area contributed by atoms with Crippen LogP contribution in [0, 0.1) is 0 Å². The van der Waals surface area contributed by atoms with Crippen molar-refractivity contribution in [1.29, 1.82) is 0 Å².